The van der Waals surface area contributed by atoms with Gasteiger partial charge >= 0.3 is 0 Å². The molecule has 1 aromatic carbocycles. The second-order valence-electron chi connectivity index (χ2n) is 6.50. The smallest absolute Gasteiger partial charge is 0.205 e. The van der Waals surface area contributed by atoms with Crippen LogP contribution >= 0.6 is 0 Å². The molecule has 1 aliphatic heterocycles. The summed E-state index contributed by atoms with van der Waals surface area (Å²) >= 11 is 0. The number of benzene rings is 1. The Kier molecular flexibility index (Phi) is 4.53. The van der Waals surface area contributed by atoms with Gasteiger partial charge in [0, 0.05) is 25.5 Å². The number of aliphatic imine (C=N–C) groups is 1. The van der Waals surface area contributed by atoms with Crippen LogP contribution in [-0.2, 0) is 13.6 Å². The van der Waals surface area contributed by atoms with Crippen LogP contribution < -0.4 is 10.1 Å². The molecular weight excluding hydrogens is 342 g/mol. The highest BCUT2D eigenvalue weighted by Crippen LogP contribution is 2.28. The second-order valence-corrected chi connectivity index (χ2v) is 6.50. The minimum absolute atomic E-state index is 0.720. The molecule has 0 amide bonds. The molecule has 8 heteroatoms. The summed E-state index contributed by atoms with van der Waals surface area (Å²) in [6, 6.07) is 7.81. The third-order valence-corrected chi connectivity index (χ3v) is 4.44. The molecule has 2 aromatic heterocycles. The van der Waals surface area contributed by atoms with Gasteiger partial charge in [-0.1, -0.05) is 6.92 Å². The zero-order chi connectivity index (χ0) is 18.8. The molecule has 0 unspecified atom stereocenters. The van der Waals surface area contributed by atoms with Crippen LogP contribution in [0.2, 0.25) is 0 Å². The molecule has 0 spiro atoms. The lowest BCUT2D eigenvalue weighted by molar-refractivity contribution is 0.401. The fourth-order valence-corrected chi connectivity index (χ4v) is 3.09. The summed E-state index contributed by atoms with van der Waals surface area (Å²) in [4.78, 5) is 15.0. The molecule has 0 saturated heterocycles. The quantitative estimate of drug-likeness (QED) is 0.726. The van der Waals surface area contributed by atoms with Crippen molar-refractivity contribution in [2.45, 2.75) is 19.9 Å². The Bertz CT molecular complexity index is 955. The van der Waals surface area contributed by atoms with Crippen molar-refractivity contribution in [2.24, 2.45) is 12.0 Å². The average Bonchev–Trinajstić information content (AvgIpc) is 3.28. The first-order valence-electron chi connectivity index (χ1n) is 8.99. The van der Waals surface area contributed by atoms with Gasteiger partial charge in [-0.15, -0.1) is 0 Å². The van der Waals surface area contributed by atoms with E-state index in [1.54, 1.807) is 18.0 Å². The number of imidazole rings is 1. The number of aromatic nitrogens is 4. The lowest BCUT2D eigenvalue weighted by Gasteiger charge is -2.28. The predicted molar refractivity (Wildman–Crippen MR) is 105 cm³/mol. The van der Waals surface area contributed by atoms with Crippen molar-refractivity contribution >= 4 is 17.5 Å². The van der Waals surface area contributed by atoms with Gasteiger partial charge in [-0.05, 0) is 30.7 Å². The lowest BCUT2D eigenvalue weighted by Crippen LogP contribution is -2.38. The lowest BCUT2D eigenvalue weighted by atomic mass is 10.3. The third kappa shape index (κ3) is 3.51. The van der Waals surface area contributed by atoms with Gasteiger partial charge in [-0.2, -0.15) is 10.1 Å². The SMILES string of the molecule is CCCN1Cc2[nH]c(-c3cnn(C)c3)nc2N=C1Nc1ccc(OC)cc1. The first-order chi connectivity index (χ1) is 13.2. The summed E-state index contributed by atoms with van der Waals surface area (Å²) in [6.07, 6.45) is 4.77. The van der Waals surface area contributed by atoms with Gasteiger partial charge in [0.15, 0.2) is 5.82 Å². The van der Waals surface area contributed by atoms with Crippen LogP contribution in [0.15, 0.2) is 41.7 Å². The number of guanidine groups is 1. The summed E-state index contributed by atoms with van der Waals surface area (Å²) in [5.74, 6) is 3.14. The van der Waals surface area contributed by atoms with Crippen LogP contribution in [0.1, 0.15) is 19.0 Å². The minimum atomic E-state index is 0.720. The third-order valence-electron chi connectivity index (χ3n) is 4.44. The number of anilines is 1. The van der Waals surface area contributed by atoms with Gasteiger partial charge in [0.2, 0.25) is 5.96 Å². The number of H-pyrrole nitrogens is 1. The van der Waals surface area contributed by atoms with E-state index in [0.29, 0.717) is 0 Å². The number of ether oxygens (including phenoxy) is 1. The van der Waals surface area contributed by atoms with E-state index in [0.717, 1.165) is 59.8 Å². The van der Waals surface area contributed by atoms with E-state index in [1.165, 1.54) is 0 Å². The highest BCUT2D eigenvalue weighted by atomic mass is 16.5. The first kappa shape index (κ1) is 17.1. The summed E-state index contributed by atoms with van der Waals surface area (Å²) in [7, 11) is 3.56. The Morgan fingerprint density at radius 1 is 1.26 bits per heavy atom. The van der Waals surface area contributed by atoms with Crippen LogP contribution in [0.4, 0.5) is 11.5 Å². The fraction of sp³-hybridized carbons (Fsp3) is 0.316. The van der Waals surface area contributed by atoms with Gasteiger partial charge in [-0.3, -0.25) is 4.68 Å². The minimum Gasteiger partial charge on any atom is -0.497 e. The number of nitrogens with zero attached hydrogens (tertiary/aromatic N) is 5. The van der Waals surface area contributed by atoms with E-state index in [2.05, 4.69) is 32.2 Å². The highest BCUT2D eigenvalue weighted by molar-refractivity contribution is 5.96. The van der Waals surface area contributed by atoms with Crippen molar-refractivity contribution in [3.8, 4) is 17.1 Å². The molecule has 0 atom stereocenters. The Labute approximate surface area is 157 Å². The summed E-state index contributed by atoms with van der Waals surface area (Å²) in [6.45, 7) is 3.80. The van der Waals surface area contributed by atoms with Crippen molar-refractivity contribution in [3.05, 3.63) is 42.4 Å². The number of aromatic amines is 1. The predicted octanol–water partition coefficient (Wildman–Crippen LogP) is 3.14. The number of rotatable bonds is 5. The largest absolute Gasteiger partial charge is 0.497 e. The van der Waals surface area contributed by atoms with Crippen molar-refractivity contribution in [1.82, 2.24) is 24.6 Å². The molecule has 0 bridgehead atoms. The molecule has 3 heterocycles. The van der Waals surface area contributed by atoms with E-state index in [-0.39, 0.29) is 0 Å². The van der Waals surface area contributed by atoms with Crippen molar-refractivity contribution in [1.29, 1.82) is 0 Å². The summed E-state index contributed by atoms with van der Waals surface area (Å²) in [5, 5.41) is 7.63. The van der Waals surface area contributed by atoms with Gasteiger partial charge < -0.3 is 19.9 Å². The topological polar surface area (TPSA) is 83.4 Å². The van der Waals surface area contributed by atoms with Gasteiger partial charge in [-0.25, -0.2) is 4.98 Å². The first-order valence-corrected chi connectivity index (χ1v) is 8.99. The molecule has 0 radical (unpaired) electrons. The standard InChI is InChI=1S/C19H23N7O/c1-4-9-26-12-16-18(23-17(22-16)13-10-20-25(2)11-13)24-19(26)21-14-5-7-15(27-3)8-6-14/h5-8,10-11H,4,9,12H2,1-3H3,(H,21,24)(H,22,23). The maximum atomic E-state index is 5.22. The van der Waals surface area contributed by atoms with Gasteiger partial charge in [0.1, 0.15) is 11.6 Å². The van der Waals surface area contributed by atoms with E-state index < -0.39 is 0 Å². The molecule has 4 rings (SSSR count). The van der Waals surface area contributed by atoms with Crippen molar-refractivity contribution < 1.29 is 4.74 Å². The maximum Gasteiger partial charge on any atom is 0.205 e. The Hall–Kier alpha value is -3.29. The fourth-order valence-electron chi connectivity index (χ4n) is 3.09. The van der Waals surface area contributed by atoms with Crippen LogP contribution in [0.3, 0.4) is 0 Å². The second kappa shape index (κ2) is 7.14. The number of fused-ring (bicyclic) bond motifs is 1. The van der Waals surface area contributed by atoms with E-state index in [9.17, 15) is 0 Å². The Balaban J connectivity index is 1.63. The molecule has 0 fully saturated rings. The van der Waals surface area contributed by atoms with Crippen LogP contribution in [-0.4, -0.2) is 44.3 Å². The van der Waals surface area contributed by atoms with Crippen molar-refractivity contribution in [2.75, 3.05) is 19.0 Å². The monoisotopic (exact) mass is 365 g/mol. The number of hydrogen-bond donors (Lipinski definition) is 2. The molecule has 2 N–H and O–H groups in total. The van der Waals surface area contributed by atoms with Crippen LogP contribution in [0.5, 0.6) is 5.75 Å². The zero-order valence-electron chi connectivity index (χ0n) is 15.7. The number of hydrogen-bond acceptors (Lipinski definition) is 6. The Morgan fingerprint density at radius 3 is 2.74 bits per heavy atom. The zero-order valence-corrected chi connectivity index (χ0v) is 15.7. The normalized spacial score (nSPS) is 13.3. The van der Waals surface area contributed by atoms with E-state index in [1.807, 2.05) is 37.5 Å². The molecule has 0 aliphatic carbocycles. The number of aryl methyl sites for hydroxylation is 1. The molecule has 1 aliphatic rings. The summed E-state index contributed by atoms with van der Waals surface area (Å²) < 4.78 is 6.99. The number of methoxy groups -OCH3 is 1. The average molecular weight is 365 g/mol. The van der Waals surface area contributed by atoms with Gasteiger partial charge in [0.05, 0.1) is 31.1 Å². The number of nitrogens with one attached hydrogen (secondary N) is 2. The van der Waals surface area contributed by atoms with Crippen molar-refractivity contribution in [3.63, 3.8) is 0 Å². The van der Waals surface area contributed by atoms with Crippen LogP contribution in [0, 0.1) is 0 Å². The van der Waals surface area contributed by atoms with Gasteiger partial charge in [0.25, 0.3) is 0 Å². The summed E-state index contributed by atoms with van der Waals surface area (Å²) in [5.41, 5.74) is 2.93. The molecule has 27 heavy (non-hydrogen) atoms. The Morgan fingerprint density at radius 2 is 2.07 bits per heavy atom. The molecule has 3 aromatic rings. The molecular formula is C19H23N7O. The van der Waals surface area contributed by atoms with Crippen LogP contribution in [0.25, 0.3) is 11.4 Å². The molecule has 0 saturated carbocycles. The van der Waals surface area contributed by atoms with E-state index in [4.69, 9.17) is 9.73 Å². The van der Waals surface area contributed by atoms with E-state index >= 15 is 0 Å². The maximum absolute atomic E-state index is 5.22. The molecule has 8 nitrogen and oxygen atoms in total. The molecule has 140 valence electrons. The highest BCUT2D eigenvalue weighted by Gasteiger charge is 2.23.